The molecule has 0 saturated heterocycles. The average Bonchev–Trinajstić information content (AvgIpc) is 2.28. The number of nitrogens with zero attached hydrogens (tertiary/aromatic N) is 2. The van der Waals surface area contributed by atoms with Gasteiger partial charge in [0.05, 0.1) is 37.1 Å². The van der Waals surface area contributed by atoms with Gasteiger partial charge in [-0.1, -0.05) is 0 Å². The Kier molecular flexibility index (Phi) is 4.14. The van der Waals surface area contributed by atoms with Gasteiger partial charge in [0.1, 0.15) is 5.75 Å². The van der Waals surface area contributed by atoms with Crippen molar-refractivity contribution in [3.63, 3.8) is 0 Å². The maximum Gasteiger partial charge on any atom is 0.267 e. The summed E-state index contributed by atoms with van der Waals surface area (Å²) in [5.41, 5.74) is 5.60. The Hall–Kier alpha value is -1.74. The molecule has 1 heterocycles. The van der Waals surface area contributed by atoms with Crippen molar-refractivity contribution in [1.82, 2.24) is 4.98 Å². The first-order chi connectivity index (χ1) is 7.65. The number of nitrogens with two attached hydrogens (primary N) is 1. The van der Waals surface area contributed by atoms with Gasteiger partial charge >= 0.3 is 0 Å². The van der Waals surface area contributed by atoms with Crippen LogP contribution < -0.4 is 10.5 Å². The van der Waals surface area contributed by atoms with Crippen molar-refractivity contribution in [2.45, 2.75) is 19.4 Å². The summed E-state index contributed by atoms with van der Waals surface area (Å²) in [5.74, 6) is -0.00265. The average molecular weight is 227 g/mol. The molecule has 0 atom stereocenters. The summed E-state index contributed by atoms with van der Waals surface area (Å²) in [5, 5.41) is 8.55. The summed E-state index contributed by atoms with van der Waals surface area (Å²) in [7, 11) is 1.28. The topological polar surface area (TPSA) is 71.9 Å². The molecule has 1 rings (SSSR count). The number of alkyl halides is 2. The van der Waals surface area contributed by atoms with Crippen LogP contribution in [0.1, 0.15) is 23.2 Å². The van der Waals surface area contributed by atoms with Crippen LogP contribution in [0.2, 0.25) is 0 Å². The first-order valence-electron chi connectivity index (χ1n) is 4.55. The summed E-state index contributed by atoms with van der Waals surface area (Å²) in [6, 6.07) is 1.86. The van der Waals surface area contributed by atoms with Crippen molar-refractivity contribution in [2.24, 2.45) is 5.73 Å². The van der Waals surface area contributed by atoms with E-state index in [2.05, 4.69) is 4.98 Å². The van der Waals surface area contributed by atoms with Crippen LogP contribution in [0.15, 0.2) is 6.20 Å². The predicted octanol–water partition coefficient (Wildman–Crippen LogP) is 1.55. The van der Waals surface area contributed by atoms with E-state index in [0.29, 0.717) is 0 Å². The third-order valence-electron chi connectivity index (χ3n) is 2.17. The Morgan fingerprint density at radius 2 is 2.31 bits per heavy atom. The van der Waals surface area contributed by atoms with Crippen LogP contribution in [0.3, 0.4) is 0 Å². The first kappa shape index (κ1) is 12.3. The molecule has 1 aromatic rings. The minimum Gasteiger partial charge on any atom is -0.495 e. The van der Waals surface area contributed by atoms with Crippen molar-refractivity contribution < 1.29 is 13.5 Å². The molecule has 0 spiro atoms. The number of halogens is 2. The molecular formula is C10H11F2N3O. The molecule has 0 amide bonds. The highest BCUT2D eigenvalue weighted by Crippen LogP contribution is 2.32. The predicted molar refractivity (Wildman–Crippen MR) is 53.0 cm³/mol. The van der Waals surface area contributed by atoms with E-state index in [0.717, 1.165) is 0 Å². The Bertz CT molecular complexity index is 415. The second-order valence-corrected chi connectivity index (χ2v) is 3.01. The van der Waals surface area contributed by atoms with E-state index in [9.17, 15) is 8.78 Å². The van der Waals surface area contributed by atoms with E-state index in [1.54, 1.807) is 0 Å². The fourth-order valence-corrected chi connectivity index (χ4v) is 1.45. The Morgan fingerprint density at radius 3 is 2.75 bits per heavy atom. The summed E-state index contributed by atoms with van der Waals surface area (Å²) in [4.78, 5) is 3.89. The quantitative estimate of drug-likeness (QED) is 0.847. The van der Waals surface area contributed by atoms with Gasteiger partial charge in [-0.25, -0.2) is 8.78 Å². The SMILES string of the molecule is COc1cnc(CC#N)c(CN)c1C(F)F. The van der Waals surface area contributed by atoms with E-state index in [1.807, 2.05) is 6.07 Å². The minimum atomic E-state index is -2.70. The smallest absolute Gasteiger partial charge is 0.267 e. The highest BCUT2D eigenvalue weighted by molar-refractivity contribution is 5.42. The second kappa shape index (κ2) is 5.37. The number of aromatic nitrogens is 1. The van der Waals surface area contributed by atoms with Crippen LogP contribution >= 0.6 is 0 Å². The van der Waals surface area contributed by atoms with Gasteiger partial charge in [-0.2, -0.15) is 5.26 Å². The molecule has 0 fully saturated rings. The van der Waals surface area contributed by atoms with Crippen molar-refractivity contribution in [2.75, 3.05) is 7.11 Å². The number of pyridine rings is 1. The second-order valence-electron chi connectivity index (χ2n) is 3.01. The lowest BCUT2D eigenvalue weighted by Gasteiger charge is -2.14. The normalized spacial score (nSPS) is 10.2. The highest BCUT2D eigenvalue weighted by atomic mass is 19.3. The Labute approximate surface area is 91.7 Å². The zero-order valence-corrected chi connectivity index (χ0v) is 8.70. The molecular weight excluding hydrogens is 216 g/mol. The van der Waals surface area contributed by atoms with Crippen molar-refractivity contribution in [3.05, 3.63) is 23.0 Å². The molecule has 0 unspecified atom stereocenters. The largest absolute Gasteiger partial charge is 0.495 e. The van der Waals surface area contributed by atoms with Crippen LogP contribution in [0.5, 0.6) is 5.75 Å². The fraction of sp³-hybridized carbons (Fsp3) is 0.400. The van der Waals surface area contributed by atoms with Gasteiger partial charge in [-0.05, 0) is 0 Å². The minimum absolute atomic E-state index is 0.00265. The lowest BCUT2D eigenvalue weighted by atomic mass is 10.0. The molecule has 4 nitrogen and oxygen atoms in total. The van der Waals surface area contributed by atoms with Gasteiger partial charge < -0.3 is 10.5 Å². The lowest BCUT2D eigenvalue weighted by Crippen LogP contribution is -2.10. The Morgan fingerprint density at radius 1 is 1.62 bits per heavy atom. The fourth-order valence-electron chi connectivity index (χ4n) is 1.45. The van der Waals surface area contributed by atoms with E-state index < -0.39 is 6.43 Å². The van der Waals surface area contributed by atoms with Crippen LogP contribution in [0, 0.1) is 11.3 Å². The first-order valence-corrected chi connectivity index (χ1v) is 4.55. The standard InChI is InChI=1S/C10H11F2N3O/c1-16-8-5-15-7(2-3-13)6(4-14)9(8)10(11)12/h5,10H,2,4,14H2,1H3. The monoisotopic (exact) mass is 227 g/mol. The zero-order valence-electron chi connectivity index (χ0n) is 8.70. The number of ether oxygens (including phenoxy) is 1. The zero-order chi connectivity index (χ0) is 12.1. The van der Waals surface area contributed by atoms with Crippen molar-refractivity contribution in [1.29, 1.82) is 5.26 Å². The van der Waals surface area contributed by atoms with Crippen LogP contribution in [-0.4, -0.2) is 12.1 Å². The third kappa shape index (κ3) is 2.25. The molecule has 1 aromatic heterocycles. The van der Waals surface area contributed by atoms with Gasteiger partial charge in [0.15, 0.2) is 0 Å². The number of nitriles is 1. The van der Waals surface area contributed by atoms with Crippen molar-refractivity contribution in [3.8, 4) is 11.8 Å². The molecule has 0 aliphatic heterocycles. The molecule has 0 saturated carbocycles. The highest BCUT2D eigenvalue weighted by Gasteiger charge is 2.21. The summed E-state index contributed by atoms with van der Waals surface area (Å²) >= 11 is 0. The maximum absolute atomic E-state index is 12.8. The van der Waals surface area contributed by atoms with Gasteiger partial charge in [0.2, 0.25) is 0 Å². The van der Waals surface area contributed by atoms with Crippen LogP contribution in [0.4, 0.5) is 8.78 Å². The number of methoxy groups -OCH3 is 1. The molecule has 0 aliphatic rings. The van der Waals surface area contributed by atoms with E-state index >= 15 is 0 Å². The summed E-state index contributed by atoms with van der Waals surface area (Å²) in [6.07, 6.45) is -1.56. The summed E-state index contributed by atoms with van der Waals surface area (Å²) in [6.45, 7) is -0.0963. The van der Waals surface area contributed by atoms with E-state index in [-0.39, 0.29) is 35.5 Å². The van der Waals surface area contributed by atoms with Gasteiger partial charge in [-0.15, -0.1) is 0 Å². The Balaban J connectivity index is 3.38. The molecule has 0 aromatic carbocycles. The number of hydrogen-bond donors (Lipinski definition) is 1. The molecule has 6 heteroatoms. The molecule has 86 valence electrons. The molecule has 0 aliphatic carbocycles. The van der Waals surface area contributed by atoms with Crippen LogP contribution in [-0.2, 0) is 13.0 Å². The number of hydrogen-bond acceptors (Lipinski definition) is 4. The van der Waals surface area contributed by atoms with Gasteiger partial charge in [-0.3, -0.25) is 4.98 Å². The van der Waals surface area contributed by atoms with E-state index in [1.165, 1.54) is 13.3 Å². The van der Waals surface area contributed by atoms with Crippen molar-refractivity contribution >= 4 is 0 Å². The van der Waals surface area contributed by atoms with Gasteiger partial charge in [0, 0.05) is 12.1 Å². The summed E-state index contributed by atoms with van der Waals surface area (Å²) < 4.78 is 30.5. The van der Waals surface area contributed by atoms with Gasteiger partial charge in [0.25, 0.3) is 6.43 Å². The van der Waals surface area contributed by atoms with Crippen LogP contribution in [0.25, 0.3) is 0 Å². The number of rotatable bonds is 4. The van der Waals surface area contributed by atoms with E-state index in [4.69, 9.17) is 15.7 Å². The molecule has 16 heavy (non-hydrogen) atoms. The maximum atomic E-state index is 12.8. The molecule has 0 bridgehead atoms. The molecule has 2 N–H and O–H groups in total. The lowest BCUT2D eigenvalue weighted by molar-refractivity contribution is 0.145. The third-order valence-corrected chi connectivity index (χ3v) is 2.17. The molecule has 0 radical (unpaired) electrons.